The van der Waals surface area contributed by atoms with Gasteiger partial charge in [-0.05, 0) is 96.3 Å². The zero-order valence-corrected chi connectivity index (χ0v) is 34.9. The topological polar surface area (TPSA) is 169 Å². The van der Waals surface area contributed by atoms with Gasteiger partial charge in [0.05, 0.1) is 19.8 Å². The number of phosphoric acid groups is 1. The van der Waals surface area contributed by atoms with Crippen LogP contribution in [-0.2, 0) is 32.7 Å². The van der Waals surface area contributed by atoms with E-state index in [0.29, 0.717) is 19.3 Å². The predicted molar refractivity (Wildman–Crippen MR) is 225 cm³/mol. The Morgan fingerprint density at radius 1 is 0.554 bits per heavy atom. The van der Waals surface area contributed by atoms with Crippen molar-refractivity contribution >= 4 is 19.8 Å². The molecule has 1 unspecified atom stereocenters. The van der Waals surface area contributed by atoms with Gasteiger partial charge in [-0.1, -0.05) is 111 Å². The molecule has 0 spiro atoms. The van der Waals surface area contributed by atoms with Crippen molar-refractivity contribution in [1.29, 1.82) is 0 Å². The molecule has 0 aromatic heterocycles. The standard InChI is InChI=1S/C44H73O11P/c1-2-3-4-5-6-7-8-9-13-17-20-23-26-29-32-35-44(49)55-42(40-54-56(50,51)53-38-41(47)37-46)39-52-43(48)34-31-28-25-22-19-16-14-11-10-12-15-18-21-24-27-30-33-36-45/h6-7,9-10,12-14,16,18,20-23,25,41-42,45-47H,2-5,8,11,15,17,19,24,26-40H2,1H3,(H,50,51)/b7-6-,12-10-,13-9-,16-14-,21-18-,23-20-,25-22-/t41-,42+/m0/s1. The van der Waals surface area contributed by atoms with Gasteiger partial charge in [0.2, 0.25) is 0 Å². The normalized spacial score (nSPS) is 14.7. The van der Waals surface area contributed by atoms with Gasteiger partial charge in [-0.3, -0.25) is 18.6 Å². The van der Waals surface area contributed by atoms with Crippen molar-refractivity contribution in [2.75, 3.05) is 33.0 Å². The van der Waals surface area contributed by atoms with E-state index in [4.69, 9.17) is 24.2 Å². The fourth-order valence-corrected chi connectivity index (χ4v) is 5.64. The second-order valence-electron chi connectivity index (χ2n) is 13.4. The SMILES string of the molecule is CCCCC/C=C\C/C=C\C/C=C\CCCCC(=O)O[C@H](COC(=O)CCC/C=C\C/C=C\C/C=C\C/C=C\CCCCCO)COP(=O)(O)OC[C@@H](O)CO. The molecular formula is C44H73O11P. The highest BCUT2D eigenvalue weighted by Gasteiger charge is 2.27. The molecule has 4 N–H and O–H groups in total. The third kappa shape index (κ3) is 39.3. The lowest BCUT2D eigenvalue weighted by molar-refractivity contribution is -0.161. The van der Waals surface area contributed by atoms with Crippen molar-refractivity contribution < 1.29 is 52.9 Å². The number of phosphoric ester groups is 1. The van der Waals surface area contributed by atoms with Crippen LogP contribution < -0.4 is 0 Å². The molecule has 0 saturated heterocycles. The van der Waals surface area contributed by atoms with Crippen LogP contribution in [0.4, 0.5) is 0 Å². The van der Waals surface area contributed by atoms with E-state index in [2.05, 4.69) is 84.4 Å². The highest BCUT2D eigenvalue weighted by Crippen LogP contribution is 2.43. The minimum Gasteiger partial charge on any atom is -0.462 e. The molecule has 56 heavy (non-hydrogen) atoms. The van der Waals surface area contributed by atoms with Crippen LogP contribution in [0.15, 0.2) is 85.1 Å². The van der Waals surface area contributed by atoms with E-state index in [0.717, 1.165) is 77.0 Å². The van der Waals surface area contributed by atoms with Crippen LogP contribution in [0.3, 0.4) is 0 Å². The summed E-state index contributed by atoms with van der Waals surface area (Å²) in [6.07, 6.45) is 44.3. The van der Waals surface area contributed by atoms with Crippen LogP contribution in [-0.4, -0.2) is 77.4 Å². The first-order valence-electron chi connectivity index (χ1n) is 20.7. The van der Waals surface area contributed by atoms with Crippen LogP contribution in [0, 0.1) is 0 Å². The third-order valence-corrected chi connectivity index (χ3v) is 9.03. The van der Waals surface area contributed by atoms with Gasteiger partial charge < -0.3 is 29.7 Å². The Kier molecular flexibility index (Phi) is 38.2. The maximum Gasteiger partial charge on any atom is 0.472 e. The summed E-state index contributed by atoms with van der Waals surface area (Å²) in [4.78, 5) is 34.9. The Morgan fingerprint density at radius 3 is 1.50 bits per heavy atom. The van der Waals surface area contributed by atoms with E-state index in [-0.39, 0.29) is 26.1 Å². The van der Waals surface area contributed by atoms with Gasteiger partial charge in [0.1, 0.15) is 12.7 Å². The van der Waals surface area contributed by atoms with Crippen molar-refractivity contribution in [3.05, 3.63) is 85.1 Å². The quantitative estimate of drug-likeness (QED) is 0.0203. The van der Waals surface area contributed by atoms with E-state index < -0.39 is 51.8 Å². The van der Waals surface area contributed by atoms with Crippen LogP contribution in [0.25, 0.3) is 0 Å². The molecule has 0 amide bonds. The van der Waals surface area contributed by atoms with E-state index in [1.54, 1.807) is 0 Å². The van der Waals surface area contributed by atoms with Crippen LogP contribution in [0.1, 0.15) is 135 Å². The Morgan fingerprint density at radius 2 is 1.00 bits per heavy atom. The third-order valence-electron chi connectivity index (χ3n) is 8.08. The molecule has 0 heterocycles. The van der Waals surface area contributed by atoms with E-state index in [1.807, 2.05) is 12.2 Å². The molecule has 0 saturated carbocycles. The first kappa shape index (κ1) is 53.1. The van der Waals surface area contributed by atoms with Crippen molar-refractivity contribution in [2.45, 2.75) is 148 Å². The average molecular weight is 809 g/mol. The molecule has 0 aliphatic carbocycles. The summed E-state index contributed by atoms with van der Waals surface area (Å²) in [5.74, 6) is -1.06. The van der Waals surface area contributed by atoms with Gasteiger partial charge in [-0.25, -0.2) is 4.57 Å². The molecule has 11 nitrogen and oxygen atoms in total. The predicted octanol–water partition coefficient (Wildman–Crippen LogP) is 9.64. The first-order chi connectivity index (χ1) is 27.2. The molecule has 320 valence electrons. The highest BCUT2D eigenvalue weighted by atomic mass is 31.2. The molecule has 3 atom stereocenters. The summed E-state index contributed by atoms with van der Waals surface area (Å²) < 4.78 is 32.5. The number of ether oxygens (including phenoxy) is 2. The Labute approximate surface area is 337 Å². The maximum absolute atomic E-state index is 12.6. The molecule has 0 aromatic carbocycles. The number of aliphatic hydroxyl groups excluding tert-OH is 3. The second-order valence-corrected chi connectivity index (χ2v) is 14.8. The molecule has 0 aliphatic rings. The van der Waals surface area contributed by atoms with Crippen LogP contribution in [0.2, 0.25) is 0 Å². The Bertz CT molecular complexity index is 1210. The molecule has 0 aromatic rings. The maximum atomic E-state index is 12.6. The van der Waals surface area contributed by atoms with Gasteiger partial charge in [0, 0.05) is 19.4 Å². The minimum absolute atomic E-state index is 0.113. The second kappa shape index (κ2) is 40.3. The number of hydrogen-bond acceptors (Lipinski definition) is 10. The zero-order valence-electron chi connectivity index (χ0n) is 34.0. The number of allylic oxidation sites excluding steroid dienone is 14. The number of carbonyl (C=O) groups excluding carboxylic acids is 2. The van der Waals surface area contributed by atoms with Gasteiger partial charge in [-0.15, -0.1) is 0 Å². The monoisotopic (exact) mass is 808 g/mol. The van der Waals surface area contributed by atoms with E-state index in [9.17, 15) is 24.2 Å². The van der Waals surface area contributed by atoms with Gasteiger partial charge >= 0.3 is 19.8 Å². The molecule has 0 radical (unpaired) electrons. The molecule has 0 rings (SSSR count). The lowest BCUT2D eigenvalue weighted by Crippen LogP contribution is -2.29. The Balaban J connectivity index is 4.50. The first-order valence-corrected chi connectivity index (χ1v) is 22.1. The fraction of sp³-hybridized carbons (Fsp3) is 0.636. The Hall–Kier alpha value is -2.89. The summed E-state index contributed by atoms with van der Waals surface area (Å²) >= 11 is 0. The smallest absolute Gasteiger partial charge is 0.462 e. The zero-order chi connectivity index (χ0) is 41.2. The van der Waals surface area contributed by atoms with Crippen molar-refractivity contribution in [2.24, 2.45) is 0 Å². The molecule has 12 heteroatoms. The number of hydrogen-bond donors (Lipinski definition) is 4. The molecular weight excluding hydrogens is 735 g/mol. The summed E-state index contributed by atoms with van der Waals surface area (Å²) in [6, 6.07) is 0. The minimum atomic E-state index is -4.65. The van der Waals surface area contributed by atoms with Crippen molar-refractivity contribution in [3.63, 3.8) is 0 Å². The number of aliphatic hydroxyl groups is 3. The summed E-state index contributed by atoms with van der Waals surface area (Å²) in [7, 11) is -4.65. The number of rotatable bonds is 38. The summed E-state index contributed by atoms with van der Waals surface area (Å²) in [5.41, 5.74) is 0. The van der Waals surface area contributed by atoms with E-state index in [1.165, 1.54) is 19.3 Å². The molecule has 0 fully saturated rings. The average Bonchev–Trinajstić information content (AvgIpc) is 3.19. The largest absolute Gasteiger partial charge is 0.472 e. The van der Waals surface area contributed by atoms with Crippen LogP contribution in [0.5, 0.6) is 0 Å². The summed E-state index contributed by atoms with van der Waals surface area (Å²) in [5, 5.41) is 27.1. The lowest BCUT2D eigenvalue weighted by atomic mass is 10.1. The van der Waals surface area contributed by atoms with Gasteiger partial charge in [0.25, 0.3) is 0 Å². The van der Waals surface area contributed by atoms with Gasteiger partial charge in [-0.2, -0.15) is 0 Å². The van der Waals surface area contributed by atoms with E-state index >= 15 is 0 Å². The fourth-order valence-electron chi connectivity index (χ4n) is 4.85. The van der Waals surface area contributed by atoms with Crippen LogP contribution >= 0.6 is 7.82 Å². The van der Waals surface area contributed by atoms with Gasteiger partial charge in [0.15, 0.2) is 6.10 Å². The number of unbranched alkanes of at least 4 members (excludes halogenated alkanes) is 9. The highest BCUT2D eigenvalue weighted by molar-refractivity contribution is 7.47. The lowest BCUT2D eigenvalue weighted by Gasteiger charge is -2.20. The summed E-state index contributed by atoms with van der Waals surface area (Å²) in [6.45, 7) is 0.216. The molecule has 0 aliphatic heterocycles. The number of carbonyl (C=O) groups is 2. The number of esters is 2. The molecule has 0 bridgehead atoms. The van der Waals surface area contributed by atoms with Crippen molar-refractivity contribution in [3.8, 4) is 0 Å². The van der Waals surface area contributed by atoms with Crippen molar-refractivity contribution in [1.82, 2.24) is 0 Å².